The third kappa shape index (κ3) is 7.24. The molecular weight excluding hydrogens is 302 g/mol. The summed E-state index contributed by atoms with van der Waals surface area (Å²) in [6, 6.07) is 0. The first-order valence-corrected chi connectivity index (χ1v) is 11.5. The molecule has 0 aromatic carbocycles. The lowest BCUT2D eigenvalue weighted by molar-refractivity contribution is 0.128. The summed E-state index contributed by atoms with van der Waals surface area (Å²) in [5.41, 5.74) is 0. The largest absolute Gasteiger partial charge is 0.320 e. The van der Waals surface area contributed by atoms with Gasteiger partial charge in [-0.2, -0.15) is 0 Å². The van der Waals surface area contributed by atoms with Crippen molar-refractivity contribution in [2.75, 3.05) is 13.6 Å². The second-order valence-corrected chi connectivity index (χ2v) is 9.90. The van der Waals surface area contributed by atoms with E-state index in [1.54, 1.807) is 0 Å². The lowest BCUT2D eigenvalue weighted by atomic mass is 9.69. The molecule has 1 heteroatoms. The van der Waals surface area contributed by atoms with E-state index in [1.165, 1.54) is 51.5 Å². The van der Waals surface area contributed by atoms with E-state index >= 15 is 0 Å². The van der Waals surface area contributed by atoms with E-state index < -0.39 is 0 Å². The van der Waals surface area contributed by atoms with Gasteiger partial charge in [0.15, 0.2) is 0 Å². The Balaban J connectivity index is 2.96. The summed E-state index contributed by atoms with van der Waals surface area (Å²) in [5, 5.41) is 3.39. The molecule has 7 atom stereocenters. The molecule has 0 amide bonds. The van der Waals surface area contributed by atoms with Gasteiger partial charge in [0.25, 0.3) is 0 Å². The van der Waals surface area contributed by atoms with Crippen molar-refractivity contribution >= 4 is 0 Å². The fourth-order valence-electron chi connectivity index (χ4n) is 5.41. The maximum Gasteiger partial charge on any atom is -0.00493 e. The fourth-order valence-corrected chi connectivity index (χ4v) is 5.41. The van der Waals surface area contributed by atoms with Crippen LogP contribution in [0.2, 0.25) is 0 Å². The van der Waals surface area contributed by atoms with Crippen LogP contribution in [0.15, 0.2) is 0 Å². The van der Waals surface area contributed by atoms with Crippen molar-refractivity contribution in [1.82, 2.24) is 5.32 Å². The summed E-state index contributed by atoms with van der Waals surface area (Å²) in [6.45, 7) is 18.7. The Morgan fingerprint density at radius 1 is 0.920 bits per heavy atom. The average molecular weight is 352 g/mol. The molecule has 1 aliphatic carbocycles. The third-order valence-electron chi connectivity index (χ3n) is 8.04. The lowest BCUT2D eigenvalue weighted by Gasteiger charge is -2.37. The second-order valence-electron chi connectivity index (χ2n) is 9.90. The molecule has 1 rings (SSSR count). The van der Waals surface area contributed by atoms with Gasteiger partial charge in [-0.3, -0.25) is 0 Å². The molecule has 25 heavy (non-hydrogen) atoms. The highest BCUT2D eigenvalue weighted by Crippen LogP contribution is 2.41. The maximum absolute atomic E-state index is 3.39. The van der Waals surface area contributed by atoms with Crippen LogP contribution < -0.4 is 5.32 Å². The Bertz CT molecular complexity index is 337. The molecular formula is C24H49N. The third-order valence-corrected chi connectivity index (χ3v) is 8.04. The van der Waals surface area contributed by atoms with Crippen LogP contribution in [0.3, 0.4) is 0 Å². The molecule has 0 spiro atoms. The van der Waals surface area contributed by atoms with Crippen LogP contribution in [0.1, 0.15) is 93.4 Å². The summed E-state index contributed by atoms with van der Waals surface area (Å²) >= 11 is 0. The van der Waals surface area contributed by atoms with E-state index in [2.05, 4.69) is 60.8 Å². The van der Waals surface area contributed by atoms with Gasteiger partial charge in [0.2, 0.25) is 0 Å². The molecule has 1 fully saturated rings. The van der Waals surface area contributed by atoms with E-state index in [9.17, 15) is 0 Å². The molecule has 1 N–H and O–H groups in total. The predicted octanol–water partition coefficient (Wildman–Crippen LogP) is 7.02. The van der Waals surface area contributed by atoms with Crippen molar-refractivity contribution in [2.45, 2.75) is 93.4 Å². The highest BCUT2D eigenvalue weighted by atomic mass is 14.8. The van der Waals surface area contributed by atoms with E-state index in [0.29, 0.717) is 0 Å². The molecule has 1 nitrogen and oxygen atoms in total. The molecule has 0 aromatic rings. The van der Waals surface area contributed by atoms with Crippen molar-refractivity contribution in [2.24, 2.45) is 47.3 Å². The van der Waals surface area contributed by atoms with Gasteiger partial charge in [0.05, 0.1) is 0 Å². The standard InChI is InChI=1S/C24H49N/c1-9-18(4)24-13-12-23(17(2)3)11-10-22(14-15-25-8)16-19(5)20(6)21(24)7/h17-25H,9-16H2,1-8H3. The van der Waals surface area contributed by atoms with E-state index in [0.717, 1.165) is 47.3 Å². The van der Waals surface area contributed by atoms with Gasteiger partial charge < -0.3 is 5.32 Å². The first-order chi connectivity index (χ1) is 11.8. The zero-order valence-corrected chi connectivity index (χ0v) is 18.8. The van der Waals surface area contributed by atoms with Gasteiger partial charge in [-0.25, -0.2) is 0 Å². The van der Waals surface area contributed by atoms with Crippen LogP contribution in [0.25, 0.3) is 0 Å². The number of hydrogen-bond acceptors (Lipinski definition) is 1. The molecule has 1 aliphatic rings. The summed E-state index contributed by atoms with van der Waals surface area (Å²) in [4.78, 5) is 0. The van der Waals surface area contributed by atoms with Crippen molar-refractivity contribution in [3.63, 3.8) is 0 Å². The van der Waals surface area contributed by atoms with Crippen LogP contribution in [0, 0.1) is 47.3 Å². The van der Waals surface area contributed by atoms with Crippen LogP contribution >= 0.6 is 0 Å². The minimum absolute atomic E-state index is 0.841. The minimum Gasteiger partial charge on any atom is -0.320 e. The molecule has 0 radical (unpaired) electrons. The Morgan fingerprint density at radius 2 is 1.56 bits per heavy atom. The quantitative estimate of drug-likeness (QED) is 0.542. The van der Waals surface area contributed by atoms with Gasteiger partial charge in [0, 0.05) is 0 Å². The fraction of sp³-hybridized carbons (Fsp3) is 1.00. The summed E-state index contributed by atoms with van der Waals surface area (Å²) in [6.07, 6.45) is 9.95. The molecule has 0 aliphatic heterocycles. The van der Waals surface area contributed by atoms with E-state index in [1.807, 2.05) is 0 Å². The monoisotopic (exact) mass is 351 g/mol. The SMILES string of the molecule is CCC(C)C1CCC(C(C)C)CCC(CCNC)CC(C)C(C)C1C. The number of rotatable bonds is 6. The molecule has 0 bridgehead atoms. The number of hydrogen-bond donors (Lipinski definition) is 1. The first kappa shape index (κ1) is 23.0. The maximum atomic E-state index is 3.39. The predicted molar refractivity (Wildman–Crippen MR) is 114 cm³/mol. The van der Waals surface area contributed by atoms with Gasteiger partial charge in [-0.1, -0.05) is 61.3 Å². The highest BCUT2D eigenvalue weighted by molar-refractivity contribution is 4.82. The van der Waals surface area contributed by atoms with Crippen molar-refractivity contribution in [1.29, 1.82) is 0 Å². The molecule has 1 saturated carbocycles. The first-order valence-electron chi connectivity index (χ1n) is 11.5. The van der Waals surface area contributed by atoms with Crippen LogP contribution in [-0.2, 0) is 0 Å². The van der Waals surface area contributed by atoms with E-state index in [-0.39, 0.29) is 0 Å². The molecule has 0 aromatic heterocycles. The lowest BCUT2D eigenvalue weighted by Crippen LogP contribution is -2.29. The Labute approximate surface area is 160 Å². The topological polar surface area (TPSA) is 12.0 Å². The molecule has 0 saturated heterocycles. The van der Waals surface area contributed by atoms with Gasteiger partial charge >= 0.3 is 0 Å². The smallest absolute Gasteiger partial charge is 0.00493 e. The van der Waals surface area contributed by atoms with Gasteiger partial charge in [0.1, 0.15) is 0 Å². The Morgan fingerprint density at radius 3 is 2.12 bits per heavy atom. The average Bonchev–Trinajstić information content (AvgIpc) is 2.60. The van der Waals surface area contributed by atoms with Crippen molar-refractivity contribution in [3.8, 4) is 0 Å². The Kier molecular flexibility index (Phi) is 10.7. The van der Waals surface area contributed by atoms with Crippen LogP contribution in [0.4, 0.5) is 0 Å². The number of nitrogens with one attached hydrogen (secondary N) is 1. The normalized spacial score (nSPS) is 36.8. The van der Waals surface area contributed by atoms with Crippen LogP contribution in [-0.4, -0.2) is 13.6 Å². The molecule has 150 valence electrons. The van der Waals surface area contributed by atoms with Crippen molar-refractivity contribution < 1.29 is 0 Å². The second kappa shape index (κ2) is 11.6. The molecule has 0 heterocycles. The Hall–Kier alpha value is -0.0400. The highest BCUT2D eigenvalue weighted by Gasteiger charge is 2.32. The van der Waals surface area contributed by atoms with Crippen molar-refractivity contribution in [3.05, 3.63) is 0 Å². The zero-order valence-electron chi connectivity index (χ0n) is 18.8. The van der Waals surface area contributed by atoms with Crippen LogP contribution in [0.5, 0.6) is 0 Å². The van der Waals surface area contributed by atoms with E-state index in [4.69, 9.17) is 0 Å². The summed E-state index contributed by atoms with van der Waals surface area (Å²) < 4.78 is 0. The zero-order chi connectivity index (χ0) is 19.0. The van der Waals surface area contributed by atoms with Gasteiger partial charge in [-0.05, 0) is 93.0 Å². The molecule has 7 unspecified atom stereocenters. The van der Waals surface area contributed by atoms with Gasteiger partial charge in [-0.15, -0.1) is 0 Å². The summed E-state index contributed by atoms with van der Waals surface area (Å²) in [5.74, 6) is 7.05. The summed E-state index contributed by atoms with van der Waals surface area (Å²) in [7, 11) is 2.10. The minimum atomic E-state index is 0.841.